The van der Waals surface area contributed by atoms with Crippen LogP contribution >= 0.6 is 34.7 Å². The van der Waals surface area contributed by atoms with E-state index < -0.39 is 0 Å². The largest absolute Gasteiger partial charge is 0.314 e. The van der Waals surface area contributed by atoms with Gasteiger partial charge >= 0.3 is 0 Å². The van der Waals surface area contributed by atoms with Crippen LogP contribution in [0.2, 0.25) is 5.02 Å². The van der Waals surface area contributed by atoms with Gasteiger partial charge in [-0.1, -0.05) is 77.2 Å². The fourth-order valence-corrected chi connectivity index (χ4v) is 6.07. The minimum Gasteiger partial charge on any atom is -0.314 e. The van der Waals surface area contributed by atoms with Crippen LogP contribution in [0.3, 0.4) is 0 Å². The van der Waals surface area contributed by atoms with Gasteiger partial charge in [0.05, 0.1) is 33.5 Å². The Hall–Kier alpha value is -3.13. The van der Waals surface area contributed by atoms with Gasteiger partial charge in [0.25, 0.3) is 5.56 Å². The van der Waals surface area contributed by atoms with Crippen molar-refractivity contribution < 1.29 is 0 Å². The Bertz CT molecular complexity index is 1690. The minimum absolute atomic E-state index is 0.0578. The first-order chi connectivity index (χ1) is 16.2. The number of halogens is 1. The lowest BCUT2D eigenvalue weighted by molar-refractivity contribution is 0.731. The number of thioether (sulfide) groups is 1. The van der Waals surface area contributed by atoms with E-state index >= 15 is 0 Å². The standard InChI is InChI=1S/C25H17ClN4OS2/c26-17-10-11-20-19(12-17)28-24(29(20)14-16-6-2-1-3-7-16)32-15-18-13-23(31)30-21-8-4-5-9-22(21)33-25(30)27-18/h1-13H,14-15H2. The first-order valence-corrected chi connectivity index (χ1v) is 12.6. The SMILES string of the molecule is O=c1cc(CSc2nc3cc(Cl)ccc3n2Cc2ccccc2)nc2sc3ccccc3n12. The van der Waals surface area contributed by atoms with Crippen LogP contribution in [0.1, 0.15) is 11.3 Å². The quantitative estimate of drug-likeness (QED) is 0.269. The summed E-state index contributed by atoms with van der Waals surface area (Å²) in [6.07, 6.45) is 0. The Balaban J connectivity index is 1.37. The molecule has 162 valence electrons. The predicted octanol–water partition coefficient (Wildman–Crippen LogP) is 6.25. The van der Waals surface area contributed by atoms with Crippen molar-refractivity contribution in [3.05, 3.63) is 105 Å². The second kappa shape index (κ2) is 8.33. The zero-order chi connectivity index (χ0) is 22.4. The first kappa shape index (κ1) is 20.5. The van der Waals surface area contributed by atoms with Crippen LogP contribution in [0.4, 0.5) is 0 Å². The molecule has 0 amide bonds. The highest BCUT2D eigenvalue weighted by molar-refractivity contribution is 7.98. The molecule has 0 N–H and O–H groups in total. The predicted molar refractivity (Wildman–Crippen MR) is 137 cm³/mol. The zero-order valence-electron chi connectivity index (χ0n) is 17.3. The van der Waals surface area contributed by atoms with Gasteiger partial charge in [0.15, 0.2) is 10.1 Å². The van der Waals surface area contributed by atoms with Gasteiger partial charge in [0.1, 0.15) is 0 Å². The summed E-state index contributed by atoms with van der Waals surface area (Å²) in [6.45, 7) is 0.701. The first-order valence-electron chi connectivity index (χ1n) is 10.4. The topological polar surface area (TPSA) is 52.2 Å². The monoisotopic (exact) mass is 488 g/mol. The van der Waals surface area contributed by atoms with Crippen molar-refractivity contribution in [3.8, 4) is 0 Å². The van der Waals surface area contributed by atoms with Crippen LogP contribution < -0.4 is 5.56 Å². The van der Waals surface area contributed by atoms with E-state index in [0.717, 1.165) is 32.1 Å². The molecule has 0 unspecified atom stereocenters. The molecular weight excluding hydrogens is 472 g/mol. The summed E-state index contributed by atoms with van der Waals surface area (Å²) in [4.78, 5) is 23.2. The highest BCUT2D eigenvalue weighted by atomic mass is 35.5. The Labute approximate surface area is 202 Å². The number of nitrogens with zero attached hydrogens (tertiary/aromatic N) is 4. The summed E-state index contributed by atoms with van der Waals surface area (Å²) in [5.41, 5.74) is 4.66. The number of hydrogen-bond acceptors (Lipinski definition) is 5. The molecule has 0 saturated carbocycles. The number of benzene rings is 3. The molecule has 33 heavy (non-hydrogen) atoms. The molecule has 5 nitrogen and oxygen atoms in total. The lowest BCUT2D eigenvalue weighted by Gasteiger charge is -2.09. The van der Waals surface area contributed by atoms with Crippen LogP contribution in [0.5, 0.6) is 0 Å². The van der Waals surface area contributed by atoms with Crippen LogP contribution in [0, 0.1) is 0 Å². The molecule has 3 aromatic carbocycles. The van der Waals surface area contributed by atoms with Crippen molar-refractivity contribution in [2.45, 2.75) is 17.5 Å². The molecule has 6 rings (SSSR count). The van der Waals surface area contributed by atoms with E-state index in [1.807, 2.05) is 60.7 Å². The smallest absolute Gasteiger partial charge is 0.259 e. The molecule has 6 aromatic rings. The van der Waals surface area contributed by atoms with Crippen molar-refractivity contribution in [2.24, 2.45) is 0 Å². The molecule has 0 bridgehead atoms. The number of imidazole rings is 1. The Morgan fingerprint density at radius 1 is 0.909 bits per heavy atom. The van der Waals surface area contributed by atoms with Crippen molar-refractivity contribution in [3.63, 3.8) is 0 Å². The normalized spacial score (nSPS) is 11.7. The van der Waals surface area contributed by atoms with E-state index in [9.17, 15) is 4.79 Å². The summed E-state index contributed by atoms with van der Waals surface area (Å²) < 4.78 is 4.92. The summed E-state index contributed by atoms with van der Waals surface area (Å²) >= 11 is 9.32. The highest BCUT2D eigenvalue weighted by Crippen LogP contribution is 2.30. The number of aromatic nitrogens is 4. The summed E-state index contributed by atoms with van der Waals surface area (Å²) in [6, 6.07) is 25.6. The second-order valence-electron chi connectivity index (χ2n) is 7.66. The number of para-hydroxylation sites is 1. The average molecular weight is 489 g/mol. The summed E-state index contributed by atoms with van der Waals surface area (Å²) in [5, 5.41) is 1.53. The molecule has 0 saturated heterocycles. The average Bonchev–Trinajstić information content (AvgIpc) is 3.36. The van der Waals surface area contributed by atoms with Crippen molar-refractivity contribution >= 4 is 60.9 Å². The number of hydrogen-bond donors (Lipinski definition) is 0. The van der Waals surface area contributed by atoms with Gasteiger partial charge in [-0.15, -0.1) is 0 Å². The Kier molecular flexibility index (Phi) is 5.17. The summed E-state index contributed by atoms with van der Waals surface area (Å²) in [5.74, 6) is 0.547. The molecule has 0 aliphatic rings. The van der Waals surface area contributed by atoms with E-state index in [2.05, 4.69) is 16.7 Å². The molecule has 0 fully saturated rings. The maximum Gasteiger partial charge on any atom is 0.259 e. The third kappa shape index (κ3) is 3.82. The van der Waals surface area contributed by atoms with Crippen LogP contribution in [-0.4, -0.2) is 18.9 Å². The molecule has 3 aromatic heterocycles. The van der Waals surface area contributed by atoms with Gasteiger partial charge in [-0.2, -0.15) is 0 Å². The Morgan fingerprint density at radius 3 is 2.61 bits per heavy atom. The van der Waals surface area contributed by atoms with E-state index in [0.29, 0.717) is 22.3 Å². The van der Waals surface area contributed by atoms with E-state index in [1.165, 1.54) is 16.9 Å². The molecule has 0 spiro atoms. The second-order valence-corrected chi connectivity index (χ2v) is 10.0. The van der Waals surface area contributed by atoms with Gasteiger partial charge in [-0.25, -0.2) is 9.97 Å². The van der Waals surface area contributed by atoms with E-state index in [1.54, 1.807) is 22.2 Å². The van der Waals surface area contributed by atoms with Crippen LogP contribution in [-0.2, 0) is 12.3 Å². The van der Waals surface area contributed by atoms with E-state index in [4.69, 9.17) is 21.6 Å². The fourth-order valence-electron chi connectivity index (χ4n) is 3.95. The lowest BCUT2D eigenvalue weighted by atomic mass is 10.2. The zero-order valence-corrected chi connectivity index (χ0v) is 19.7. The van der Waals surface area contributed by atoms with Crippen molar-refractivity contribution in [1.82, 2.24) is 18.9 Å². The van der Waals surface area contributed by atoms with Gasteiger partial charge < -0.3 is 4.57 Å². The van der Waals surface area contributed by atoms with Crippen molar-refractivity contribution in [2.75, 3.05) is 0 Å². The van der Waals surface area contributed by atoms with Crippen molar-refractivity contribution in [1.29, 1.82) is 0 Å². The molecule has 3 heterocycles. The van der Waals surface area contributed by atoms with Gasteiger partial charge in [-0.3, -0.25) is 9.20 Å². The third-order valence-corrected chi connectivity index (χ3v) is 7.72. The van der Waals surface area contributed by atoms with E-state index in [-0.39, 0.29) is 5.56 Å². The molecule has 0 radical (unpaired) electrons. The number of rotatable bonds is 5. The maximum absolute atomic E-state index is 12.9. The lowest BCUT2D eigenvalue weighted by Crippen LogP contribution is -2.13. The molecule has 0 atom stereocenters. The van der Waals surface area contributed by atoms with Gasteiger partial charge in [0, 0.05) is 16.8 Å². The number of fused-ring (bicyclic) bond motifs is 4. The fraction of sp³-hybridized carbons (Fsp3) is 0.0800. The number of thiazole rings is 1. The van der Waals surface area contributed by atoms with Crippen LogP contribution in [0.15, 0.2) is 88.8 Å². The Morgan fingerprint density at radius 2 is 1.73 bits per heavy atom. The highest BCUT2D eigenvalue weighted by Gasteiger charge is 2.14. The minimum atomic E-state index is -0.0578. The summed E-state index contributed by atoms with van der Waals surface area (Å²) in [7, 11) is 0. The van der Waals surface area contributed by atoms with Crippen LogP contribution in [0.25, 0.3) is 26.2 Å². The van der Waals surface area contributed by atoms with Gasteiger partial charge in [-0.05, 0) is 35.9 Å². The molecular formula is C25H17ClN4OS2. The third-order valence-electron chi connectivity index (χ3n) is 5.46. The molecule has 0 aliphatic carbocycles. The molecule has 0 aliphatic heterocycles. The molecule has 8 heteroatoms. The maximum atomic E-state index is 12.9. The van der Waals surface area contributed by atoms with Gasteiger partial charge in [0.2, 0.25) is 0 Å².